The first-order valence-corrected chi connectivity index (χ1v) is 7.12. The van der Waals surface area contributed by atoms with Gasteiger partial charge in [-0.2, -0.15) is 0 Å². The summed E-state index contributed by atoms with van der Waals surface area (Å²) in [6.07, 6.45) is 9.75. The van der Waals surface area contributed by atoms with Crippen LogP contribution in [0.4, 0.5) is 0 Å². The molecule has 2 heteroatoms. The van der Waals surface area contributed by atoms with E-state index >= 15 is 0 Å². The molecule has 0 aromatic heterocycles. The van der Waals surface area contributed by atoms with Gasteiger partial charge in [-0.3, -0.25) is 0 Å². The number of hydrogen-bond donors (Lipinski definition) is 2. The number of fused-ring (bicyclic) bond motifs is 1. The van der Waals surface area contributed by atoms with E-state index in [0.29, 0.717) is 17.6 Å². The smallest absolute Gasteiger partial charge is 0.115 e. The number of aliphatic hydroxyl groups excluding tert-OH is 1. The zero-order valence-electron chi connectivity index (χ0n) is 11.9. The van der Waals surface area contributed by atoms with Crippen LogP contribution in [-0.2, 0) is 0 Å². The highest BCUT2D eigenvalue weighted by molar-refractivity contribution is 5.65. The van der Waals surface area contributed by atoms with Crippen molar-refractivity contribution in [3.8, 4) is 5.75 Å². The molecule has 0 fully saturated rings. The monoisotopic (exact) mass is 270 g/mol. The molecule has 1 aromatic carbocycles. The van der Waals surface area contributed by atoms with Gasteiger partial charge in [-0.15, -0.1) is 0 Å². The topological polar surface area (TPSA) is 40.5 Å². The fourth-order valence-electron chi connectivity index (χ4n) is 2.96. The van der Waals surface area contributed by atoms with Crippen LogP contribution in [0.1, 0.15) is 36.8 Å². The molecule has 0 aliphatic heterocycles. The summed E-state index contributed by atoms with van der Waals surface area (Å²) < 4.78 is 0. The van der Waals surface area contributed by atoms with Crippen molar-refractivity contribution < 1.29 is 10.2 Å². The largest absolute Gasteiger partial charge is 0.508 e. The van der Waals surface area contributed by atoms with Crippen LogP contribution in [0, 0.1) is 5.92 Å². The fourth-order valence-corrected chi connectivity index (χ4v) is 2.96. The number of phenols is 1. The van der Waals surface area contributed by atoms with E-state index in [4.69, 9.17) is 5.11 Å². The van der Waals surface area contributed by atoms with Gasteiger partial charge < -0.3 is 10.2 Å². The summed E-state index contributed by atoms with van der Waals surface area (Å²) in [5, 5.41) is 18.8. The van der Waals surface area contributed by atoms with Gasteiger partial charge in [0.05, 0.1) is 0 Å². The molecule has 0 saturated carbocycles. The summed E-state index contributed by atoms with van der Waals surface area (Å²) in [5.41, 5.74) is 3.62. The molecule has 0 radical (unpaired) electrons. The van der Waals surface area contributed by atoms with E-state index in [1.54, 1.807) is 12.1 Å². The first-order chi connectivity index (χ1) is 9.67. The average molecular weight is 270 g/mol. The molecule has 0 saturated heterocycles. The minimum atomic E-state index is 0.217. The van der Waals surface area contributed by atoms with Crippen molar-refractivity contribution >= 4 is 6.08 Å². The number of rotatable bonds is 5. The fraction of sp³-hybridized carbons (Fsp3) is 0.333. The van der Waals surface area contributed by atoms with Gasteiger partial charge in [0, 0.05) is 6.61 Å². The van der Waals surface area contributed by atoms with Crippen molar-refractivity contribution in [1.29, 1.82) is 0 Å². The lowest BCUT2D eigenvalue weighted by molar-refractivity contribution is 0.272. The maximum absolute atomic E-state index is 9.69. The predicted octanol–water partition coefficient (Wildman–Crippen LogP) is 4.02. The second-order valence-electron chi connectivity index (χ2n) is 5.31. The third-order valence-electron chi connectivity index (χ3n) is 4.01. The molecule has 0 heterocycles. The van der Waals surface area contributed by atoms with Gasteiger partial charge in [-0.05, 0) is 53.5 Å². The van der Waals surface area contributed by atoms with Gasteiger partial charge in [0.15, 0.2) is 0 Å². The van der Waals surface area contributed by atoms with Crippen LogP contribution < -0.4 is 0 Å². The molecule has 1 aromatic rings. The molecule has 2 unspecified atom stereocenters. The third kappa shape index (κ3) is 3.02. The molecule has 0 amide bonds. The Balaban J connectivity index is 2.41. The van der Waals surface area contributed by atoms with Crippen LogP contribution in [0.15, 0.2) is 48.6 Å². The Morgan fingerprint density at radius 3 is 2.85 bits per heavy atom. The maximum atomic E-state index is 9.69. The van der Waals surface area contributed by atoms with Crippen LogP contribution in [0.2, 0.25) is 0 Å². The molecule has 2 atom stereocenters. The summed E-state index contributed by atoms with van der Waals surface area (Å²) >= 11 is 0. The Labute approximate surface area is 120 Å². The molecule has 106 valence electrons. The maximum Gasteiger partial charge on any atom is 0.115 e. The van der Waals surface area contributed by atoms with Gasteiger partial charge in [-0.25, -0.2) is 0 Å². The Kier molecular flexibility index (Phi) is 4.80. The Morgan fingerprint density at radius 2 is 2.15 bits per heavy atom. The summed E-state index contributed by atoms with van der Waals surface area (Å²) in [5.74, 6) is 1.01. The van der Waals surface area contributed by atoms with Crippen molar-refractivity contribution in [3.05, 3.63) is 59.7 Å². The Morgan fingerprint density at radius 1 is 1.35 bits per heavy atom. The average Bonchev–Trinajstić information content (AvgIpc) is 2.45. The molecule has 1 aliphatic rings. The lowest BCUT2D eigenvalue weighted by Gasteiger charge is -2.31. The van der Waals surface area contributed by atoms with Gasteiger partial charge in [0.1, 0.15) is 5.75 Å². The molecular formula is C18H22O2. The first kappa shape index (κ1) is 14.6. The van der Waals surface area contributed by atoms with E-state index in [2.05, 4.69) is 25.7 Å². The van der Waals surface area contributed by atoms with Crippen LogP contribution in [-0.4, -0.2) is 16.8 Å². The molecule has 2 rings (SSSR count). The van der Waals surface area contributed by atoms with Crippen molar-refractivity contribution in [3.63, 3.8) is 0 Å². The third-order valence-corrected chi connectivity index (χ3v) is 4.01. The van der Waals surface area contributed by atoms with Gasteiger partial charge in [0.2, 0.25) is 0 Å². The minimum Gasteiger partial charge on any atom is -0.508 e. The summed E-state index contributed by atoms with van der Waals surface area (Å²) in [6, 6.07) is 5.55. The molecule has 2 nitrogen and oxygen atoms in total. The molecule has 0 bridgehead atoms. The van der Waals surface area contributed by atoms with Crippen LogP contribution in [0.5, 0.6) is 5.75 Å². The normalized spacial score (nSPS) is 21.6. The van der Waals surface area contributed by atoms with E-state index in [0.717, 1.165) is 12.8 Å². The predicted molar refractivity (Wildman–Crippen MR) is 83.6 cm³/mol. The number of allylic oxidation sites excluding steroid dienone is 4. The SMILES string of the molecule is C=C/C=C\C1=Cc2ccc(O)cc2C(C)C1CCCO. The molecule has 0 spiro atoms. The van der Waals surface area contributed by atoms with E-state index in [-0.39, 0.29) is 6.61 Å². The Bertz CT molecular complexity index is 540. The second kappa shape index (κ2) is 6.58. The van der Waals surface area contributed by atoms with Gasteiger partial charge >= 0.3 is 0 Å². The Hall–Kier alpha value is -1.80. The van der Waals surface area contributed by atoms with Crippen molar-refractivity contribution in [2.75, 3.05) is 6.61 Å². The quantitative estimate of drug-likeness (QED) is 0.793. The zero-order chi connectivity index (χ0) is 14.5. The van der Waals surface area contributed by atoms with Crippen LogP contribution in [0.25, 0.3) is 6.08 Å². The molecule has 1 aliphatic carbocycles. The minimum absolute atomic E-state index is 0.217. The lowest BCUT2D eigenvalue weighted by Crippen LogP contribution is -2.17. The molecule has 20 heavy (non-hydrogen) atoms. The van der Waals surface area contributed by atoms with E-state index < -0.39 is 0 Å². The van der Waals surface area contributed by atoms with Crippen molar-refractivity contribution in [2.24, 2.45) is 5.92 Å². The standard InChI is InChI=1S/C18H22O2/c1-3-4-6-14-11-15-8-9-16(20)12-18(15)13(2)17(14)7-5-10-19/h3-4,6,8-9,11-13,17,19-20H,1,5,7,10H2,2H3/b6-4-. The van der Waals surface area contributed by atoms with E-state index in [9.17, 15) is 5.11 Å². The summed E-state index contributed by atoms with van der Waals surface area (Å²) in [4.78, 5) is 0. The highest BCUT2D eigenvalue weighted by Crippen LogP contribution is 2.42. The van der Waals surface area contributed by atoms with Crippen LogP contribution >= 0.6 is 0 Å². The highest BCUT2D eigenvalue weighted by Gasteiger charge is 2.27. The van der Waals surface area contributed by atoms with Gasteiger partial charge in [0.25, 0.3) is 0 Å². The summed E-state index contributed by atoms with van der Waals surface area (Å²) in [6.45, 7) is 6.13. The van der Waals surface area contributed by atoms with Crippen molar-refractivity contribution in [1.82, 2.24) is 0 Å². The highest BCUT2D eigenvalue weighted by atomic mass is 16.3. The van der Waals surface area contributed by atoms with E-state index in [1.807, 2.05) is 18.2 Å². The molecule has 2 N–H and O–H groups in total. The van der Waals surface area contributed by atoms with Gasteiger partial charge in [-0.1, -0.05) is 43.9 Å². The number of aliphatic hydroxyl groups is 1. The number of aromatic hydroxyl groups is 1. The van der Waals surface area contributed by atoms with E-state index in [1.165, 1.54) is 16.7 Å². The number of benzene rings is 1. The van der Waals surface area contributed by atoms with Crippen molar-refractivity contribution in [2.45, 2.75) is 25.7 Å². The first-order valence-electron chi connectivity index (χ1n) is 7.12. The zero-order valence-corrected chi connectivity index (χ0v) is 11.9. The number of phenolic OH excluding ortho intramolecular Hbond substituents is 1. The summed E-state index contributed by atoms with van der Waals surface area (Å²) in [7, 11) is 0. The second-order valence-corrected chi connectivity index (χ2v) is 5.31. The molecular weight excluding hydrogens is 248 g/mol. The number of hydrogen-bond acceptors (Lipinski definition) is 2. The van der Waals surface area contributed by atoms with Crippen LogP contribution in [0.3, 0.4) is 0 Å². The lowest BCUT2D eigenvalue weighted by atomic mass is 9.73.